The van der Waals surface area contributed by atoms with Crippen molar-refractivity contribution in [2.45, 2.75) is 38.6 Å². The molecule has 4 nitrogen and oxygen atoms in total. The highest BCUT2D eigenvalue weighted by Gasteiger charge is 2.27. The number of benzene rings is 2. The molecule has 1 atom stereocenters. The summed E-state index contributed by atoms with van der Waals surface area (Å²) in [6.07, 6.45) is 4.78. The van der Waals surface area contributed by atoms with E-state index in [1.165, 1.54) is 22.6 Å². The Morgan fingerprint density at radius 3 is 2.57 bits per heavy atom. The molecule has 5 rings (SSSR count). The van der Waals surface area contributed by atoms with Gasteiger partial charge in [-0.15, -0.1) is 0 Å². The Hall–Kier alpha value is -2.66. The molecular formula is C23H23FNO3+. The maximum absolute atomic E-state index is 13.1. The highest BCUT2D eigenvalue weighted by Crippen LogP contribution is 2.33. The molecule has 0 radical (unpaired) electrons. The number of rotatable bonds is 3. The quantitative estimate of drug-likeness (QED) is 0.711. The van der Waals surface area contributed by atoms with E-state index in [0.717, 1.165) is 73.0 Å². The van der Waals surface area contributed by atoms with E-state index < -0.39 is 0 Å². The van der Waals surface area contributed by atoms with E-state index in [1.54, 1.807) is 0 Å². The SMILES string of the molecule is O=c1oc2c3c(ccc2c2c1CCCC2)OC[NH+](CCc1ccc(F)cc1)C3. The fourth-order valence-electron chi connectivity index (χ4n) is 4.46. The van der Waals surface area contributed by atoms with Gasteiger partial charge in [0.25, 0.3) is 0 Å². The normalized spacial score (nSPS) is 18.4. The number of halogens is 1. The molecule has 1 aliphatic heterocycles. The molecule has 28 heavy (non-hydrogen) atoms. The summed E-state index contributed by atoms with van der Waals surface area (Å²) in [5.41, 5.74) is 4.63. The zero-order valence-electron chi connectivity index (χ0n) is 15.7. The molecule has 0 amide bonds. The number of aryl methyl sites for hydroxylation is 1. The molecule has 1 N–H and O–H groups in total. The number of quaternary nitrogens is 1. The molecule has 1 aromatic heterocycles. The zero-order valence-corrected chi connectivity index (χ0v) is 15.7. The predicted octanol–water partition coefficient (Wildman–Crippen LogP) is 2.79. The third-order valence-corrected chi connectivity index (χ3v) is 5.99. The van der Waals surface area contributed by atoms with Crippen molar-refractivity contribution < 1.29 is 18.4 Å². The smallest absolute Gasteiger partial charge is 0.339 e. The third kappa shape index (κ3) is 3.10. The lowest BCUT2D eigenvalue weighted by atomic mass is 9.90. The largest absolute Gasteiger partial charge is 0.445 e. The van der Waals surface area contributed by atoms with Gasteiger partial charge in [-0.05, 0) is 61.1 Å². The van der Waals surface area contributed by atoms with Crippen molar-refractivity contribution in [1.29, 1.82) is 0 Å². The first-order chi connectivity index (χ1) is 13.7. The summed E-state index contributed by atoms with van der Waals surface area (Å²) in [5.74, 6) is 0.605. The van der Waals surface area contributed by atoms with Gasteiger partial charge < -0.3 is 9.15 Å². The second kappa shape index (κ2) is 7.06. The lowest BCUT2D eigenvalue weighted by Crippen LogP contribution is -3.12. The Morgan fingerprint density at radius 1 is 0.964 bits per heavy atom. The summed E-state index contributed by atoms with van der Waals surface area (Å²) in [6.45, 7) is 2.21. The maximum Gasteiger partial charge on any atom is 0.339 e. The van der Waals surface area contributed by atoms with Gasteiger partial charge in [-0.2, -0.15) is 0 Å². The fourth-order valence-corrected chi connectivity index (χ4v) is 4.46. The Labute approximate surface area is 162 Å². The van der Waals surface area contributed by atoms with Crippen LogP contribution in [0.4, 0.5) is 4.39 Å². The van der Waals surface area contributed by atoms with E-state index in [0.29, 0.717) is 12.3 Å². The minimum atomic E-state index is -0.212. The van der Waals surface area contributed by atoms with Crippen LogP contribution in [-0.2, 0) is 25.8 Å². The maximum atomic E-state index is 13.1. The first-order valence-electron chi connectivity index (χ1n) is 10.0. The summed E-state index contributed by atoms with van der Waals surface area (Å²) in [6, 6.07) is 10.7. The molecule has 5 heteroatoms. The average molecular weight is 380 g/mol. The molecule has 2 aliphatic rings. The fraction of sp³-hybridized carbons (Fsp3) is 0.348. The first kappa shape index (κ1) is 17.4. The third-order valence-electron chi connectivity index (χ3n) is 5.99. The Bertz CT molecular complexity index is 1090. The van der Waals surface area contributed by atoms with Gasteiger partial charge in [0.1, 0.15) is 18.1 Å². The van der Waals surface area contributed by atoms with Crippen LogP contribution < -0.4 is 15.3 Å². The van der Waals surface area contributed by atoms with Crippen molar-refractivity contribution in [3.8, 4) is 5.75 Å². The number of hydrogen-bond acceptors (Lipinski definition) is 3. The topological polar surface area (TPSA) is 43.9 Å². The van der Waals surface area contributed by atoms with Crippen molar-refractivity contribution in [3.05, 3.63) is 74.9 Å². The van der Waals surface area contributed by atoms with Crippen LogP contribution in [0.25, 0.3) is 11.0 Å². The van der Waals surface area contributed by atoms with Gasteiger partial charge in [-0.3, -0.25) is 4.90 Å². The van der Waals surface area contributed by atoms with Crippen LogP contribution in [0.2, 0.25) is 0 Å². The number of fused-ring (bicyclic) bond motifs is 5. The number of hydrogen-bond donors (Lipinski definition) is 1. The zero-order chi connectivity index (χ0) is 19.1. The van der Waals surface area contributed by atoms with Crippen LogP contribution in [0.5, 0.6) is 5.75 Å². The molecule has 0 spiro atoms. The molecular weight excluding hydrogens is 357 g/mol. The van der Waals surface area contributed by atoms with Gasteiger partial charge in [0.05, 0.1) is 12.1 Å². The summed E-state index contributed by atoms with van der Waals surface area (Å²) >= 11 is 0. The van der Waals surface area contributed by atoms with Gasteiger partial charge in [-0.25, -0.2) is 9.18 Å². The van der Waals surface area contributed by atoms with Crippen LogP contribution >= 0.6 is 0 Å². The summed E-state index contributed by atoms with van der Waals surface area (Å²) in [5, 5.41) is 1.07. The second-order valence-electron chi connectivity index (χ2n) is 7.81. The standard InChI is InChI=1S/C23H22FNO3/c24-16-7-5-15(6-8-16)11-12-25-13-20-21(27-14-25)10-9-18-17-3-1-2-4-19(17)23(26)28-22(18)20/h5-10H,1-4,11-14H2/p+1. The van der Waals surface area contributed by atoms with Gasteiger partial charge in [0.2, 0.25) is 6.73 Å². The molecule has 1 unspecified atom stereocenters. The average Bonchev–Trinajstić information content (AvgIpc) is 2.73. The van der Waals surface area contributed by atoms with E-state index in [1.807, 2.05) is 24.3 Å². The highest BCUT2D eigenvalue weighted by molar-refractivity contribution is 5.86. The van der Waals surface area contributed by atoms with E-state index in [-0.39, 0.29) is 11.4 Å². The van der Waals surface area contributed by atoms with Crippen molar-refractivity contribution in [3.63, 3.8) is 0 Å². The van der Waals surface area contributed by atoms with Crippen LogP contribution in [0.15, 0.2) is 45.6 Å². The van der Waals surface area contributed by atoms with E-state index in [2.05, 4.69) is 0 Å². The molecule has 2 heterocycles. The highest BCUT2D eigenvalue weighted by atomic mass is 19.1. The molecule has 0 saturated heterocycles. The second-order valence-corrected chi connectivity index (χ2v) is 7.81. The number of nitrogens with one attached hydrogen (secondary N) is 1. The summed E-state index contributed by atoms with van der Waals surface area (Å²) in [7, 11) is 0. The molecule has 1 aliphatic carbocycles. The van der Waals surface area contributed by atoms with Crippen LogP contribution in [-0.4, -0.2) is 13.3 Å². The Morgan fingerprint density at radius 2 is 1.75 bits per heavy atom. The van der Waals surface area contributed by atoms with Crippen molar-refractivity contribution in [1.82, 2.24) is 0 Å². The summed E-state index contributed by atoms with van der Waals surface area (Å²) < 4.78 is 24.9. The van der Waals surface area contributed by atoms with E-state index >= 15 is 0 Å². The Kier molecular flexibility index (Phi) is 4.40. The molecule has 2 aromatic carbocycles. The van der Waals surface area contributed by atoms with Crippen LogP contribution in [0.1, 0.15) is 35.1 Å². The van der Waals surface area contributed by atoms with Crippen LogP contribution in [0.3, 0.4) is 0 Å². The minimum Gasteiger partial charge on any atom is -0.445 e. The lowest BCUT2D eigenvalue weighted by molar-refractivity contribution is -0.932. The molecule has 144 valence electrons. The van der Waals surface area contributed by atoms with Crippen LogP contribution in [0, 0.1) is 5.82 Å². The van der Waals surface area contributed by atoms with Crippen molar-refractivity contribution in [2.75, 3.05) is 13.3 Å². The first-order valence-corrected chi connectivity index (χ1v) is 10.0. The molecule has 0 fully saturated rings. The van der Waals surface area contributed by atoms with E-state index in [9.17, 15) is 9.18 Å². The molecule has 0 saturated carbocycles. The van der Waals surface area contributed by atoms with Crippen molar-refractivity contribution in [2.24, 2.45) is 0 Å². The van der Waals surface area contributed by atoms with Gasteiger partial charge in [-0.1, -0.05) is 12.1 Å². The van der Waals surface area contributed by atoms with Gasteiger partial charge >= 0.3 is 5.63 Å². The van der Waals surface area contributed by atoms with Gasteiger partial charge in [0.15, 0.2) is 5.58 Å². The lowest BCUT2D eigenvalue weighted by Gasteiger charge is -2.27. The molecule has 0 bridgehead atoms. The Balaban J connectivity index is 1.44. The number of ether oxygens (including phenoxy) is 1. The van der Waals surface area contributed by atoms with Gasteiger partial charge in [0, 0.05) is 17.4 Å². The molecule has 3 aromatic rings. The van der Waals surface area contributed by atoms with Crippen molar-refractivity contribution >= 4 is 11.0 Å². The minimum absolute atomic E-state index is 0.186. The monoisotopic (exact) mass is 380 g/mol. The van der Waals surface area contributed by atoms with E-state index in [4.69, 9.17) is 9.15 Å². The summed E-state index contributed by atoms with van der Waals surface area (Å²) in [4.78, 5) is 13.8. The predicted molar refractivity (Wildman–Crippen MR) is 104 cm³/mol.